The van der Waals surface area contributed by atoms with E-state index >= 15 is 0 Å². The summed E-state index contributed by atoms with van der Waals surface area (Å²) in [7, 11) is 0. The van der Waals surface area contributed by atoms with Crippen LogP contribution in [0.15, 0.2) is 6.33 Å². The maximum Gasteiger partial charge on any atom is 0.147 e. The highest BCUT2D eigenvalue weighted by atomic mass is 15.3. The van der Waals surface area contributed by atoms with Gasteiger partial charge in [-0.3, -0.25) is 4.90 Å². The monoisotopic (exact) mass is 209 g/mol. The van der Waals surface area contributed by atoms with Crippen LogP contribution in [0.2, 0.25) is 0 Å². The molecule has 0 atom stereocenters. The van der Waals surface area contributed by atoms with Crippen LogP contribution in [0.1, 0.15) is 19.2 Å². The highest BCUT2D eigenvalue weighted by Crippen LogP contribution is 2.03. The normalized spacial score (nSPS) is 18.2. The van der Waals surface area contributed by atoms with Crippen molar-refractivity contribution in [2.24, 2.45) is 0 Å². The van der Waals surface area contributed by atoms with E-state index in [4.69, 9.17) is 0 Å². The molecule has 84 valence electrons. The lowest BCUT2D eigenvalue weighted by Crippen LogP contribution is -2.43. The van der Waals surface area contributed by atoms with Crippen LogP contribution < -0.4 is 5.32 Å². The van der Waals surface area contributed by atoms with Crippen molar-refractivity contribution >= 4 is 0 Å². The molecule has 5 heteroatoms. The second-order valence-corrected chi connectivity index (χ2v) is 3.97. The van der Waals surface area contributed by atoms with Crippen LogP contribution in [-0.4, -0.2) is 45.8 Å². The number of aromatic nitrogens is 3. The lowest BCUT2D eigenvalue weighted by atomic mass is 10.3. The van der Waals surface area contributed by atoms with Crippen molar-refractivity contribution in [1.82, 2.24) is 25.0 Å². The smallest absolute Gasteiger partial charge is 0.147 e. The van der Waals surface area contributed by atoms with Crippen molar-refractivity contribution in [3.8, 4) is 0 Å². The molecule has 0 aliphatic carbocycles. The van der Waals surface area contributed by atoms with Gasteiger partial charge in [-0.05, 0) is 6.42 Å². The van der Waals surface area contributed by atoms with Gasteiger partial charge in [-0.1, -0.05) is 6.92 Å². The number of hydrogen-bond acceptors (Lipinski definition) is 4. The summed E-state index contributed by atoms with van der Waals surface area (Å²) in [6.07, 6.45) is 2.97. The first kappa shape index (κ1) is 10.6. The zero-order chi connectivity index (χ0) is 10.5. The standard InChI is InChI=1S/C10H19N5/c1-2-5-15-9-12-13-10(15)8-14-6-3-11-4-7-14/h9,11H,2-8H2,1H3. The van der Waals surface area contributed by atoms with Crippen molar-refractivity contribution in [1.29, 1.82) is 0 Å². The van der Waals surface area contributed by atoms with Crippen LogP contribution >= 0.6 is 0 Å². The quantitative estimate of drug-likeness (QED) is 0.763. The molecule has 0 unspecified atom stereocenters. The number of nitrogens with zero attached hydrogens (tertiary/aromatic N) is 4. The molecular formula is C10H19N5. The molecule has 1 fully saturated rings. The van der Waals surface area contributed by atoms with E-state index in [0.29, 0.717) is 0 Å². The van der Waals surface area contributed by atoms with Crippen LogP contribution in [0.5, 0.6) is 0 Å². The van der Waals surface area contributed by atoms with Crippen LogP contribution in [-0.2, 0) is 13.1 Å². The summed E-state index contributed by atoms with van der Waals surface area (Å²) in [5.74, 6) is 1.10. The lowest BCUT2D eigenvalue weighted by Gasteiger charge is -2.26. The summed E-state index contributed by atoms with van der Waals surface area (Å²) in [5, 5.41) is 11.5. The first-order valence-electron chi connectivity index (χ1n) is 5.70. The van der Waals surface area contributed by atoms with E-state index in [1.165, 1.54) is 0 Å². The SMILES string of the molecule is CCCn1cnnc1CN1CCNCC1. The Labute approximate surface area is 90.5 Å². The average molecular weight is 209 g/mol. The average Bonchev–Trinajstić information content (AvgIpc) is 2.68. The van der Waals surface area contributed by atoms with Gasteiger partial charge in [-0.25, -0.2) is 0 Å². The molecule has 2 heterocycles. The molecule has 1 aromatic heterocycles. The molecule has 1 saturated heterocycles. The molecule has 1 N–H and O–H groups in total. The first-order chi connectivity index (χ1) is 7.40. The van der Waals surface area contributed by atoms with Gasteiger partial charge in [0.05, 0.1) is 6.54 Å². The topological polar surface area (TPSA) is 46.0 Å². The van der Waals surface area contributed by atoms with E-state index in [9.17, 15) is 0 Å². The van der Waals surface area contributed by atoms with Crippen LogP contribution in [0.3, 0.4) is 0 Å². The van der Waals surface area contributed by atoms with Gasteiger partial charge in [0.15, 0.2) is 0 Å². The summed E-state index contributed by atoms with van der Waals surface area (Å²) in [6.45, 7) is 8.52. The Morgan fingerprint density at radius 3 is 2.93 bits per heavy atom. The molecule has 1 aliphatic rings. The van der Waals surface area contributed by atoms with E-state index in [2.05, 4.69) is 31.9 Å². The molecule has 2 rings (SSSR count). The number of rotatable bonds is 4. The van der Waals surface area contributed by atoms with Gasteiger partial charge < -0.3 is 9.88 Å². The molecule has 0 amide bonds. The molecule has 0 bridgehead atoms. The molecule has 0 saturated carbocycles. The van der Waals surface area contributed by atoms with Gasteiger partial charge in [-0.2, -0.15) is 0 Å². The zero-order valence-corrected chi connectivity index (χ0v) is 9.32. The molecule has 1 aromatic rings. The largest absolute Gasteiger partial charge is 0.317 e. The fraction of sp³-hybridized carbons (Fsp3) is 0.800. The summed E-state index contributed by atoms with van der Waals surface area (Å²) >= 11 is 0. The number of piperazine rings is 1. The van der Waals surface area contributed by atoms with Gasteiger partial charge in [-0.15, -0.1) is 10.2 Å². The van der Waals surface area contributed by atoms with Crippen molar-refractivity contribution in [2.45, 2.75) is 26.4 Å². The summed E-state index contributed by atoms with van der Waals surface area (Å²) in [4.78, 5) is 2.42. The van der Waals surface area contributed by atoms with Gasteiger partial charge in [0.25, 0.3) is 0 Å². The van der Waals surface area contributed by atoms with E-state index in [1.807, 2.05) is 6.33 Å². The summed E-state index contributed by atoms with van der Waals surface area (Å²) < 4.78 is 2.15. The van der Waals surface area contributed by atoms with E-state index in [1.54, 1.807) is 0 Å². The Hall–Kier alpha value is -0.940. The van der Waals surface area contributed by atoms with Crippen LogP contribution in [0, 0.1) is 0 Å². The van der Waals surface area contributed by atoms with E-state index in [-0.39, 0.29) is 0 Å². The molecule has 0 spiro atoms. The van der Waals surface area contributed by atoms with Crippen molar-refractivity contribution in [3.05, 3.63) is 12.2 Å². The molecular weight excluding hydrogens is 190 g/mol. The highest BCUT2D eigenvalue weighted by Gasteiger charge is 2.13. The Morgan fingerprint density at radius 2 is 2.20 bits per heavy atom. The third-order valence-electron chi connectivity index (χ3n) is 2.73. The van der Waals surface area contributed by atoms with Crippen molar-refractivity contribution < 1.29 is 0 Å². The molecule has 0 radical (unpaired) electrons. The van der Waals surface area contributed by atoms with E-state index < -0.39 is 0 Å². The van der Waals surface area contributed by atoms with Gasteiger partial charge in [0, 0.05) is 32.7 Å². The number of nitrogens with one attached hydrogen (secondary N) is 1. The lowest BCUT2D eigenvalue weighted by molar-refractivity contribution is 0.224. The Morgan fingerprint density at radius 1 is 1.40 bits per heavy atom. The van der Waals surface area contributed by atoms with Crippen LogP contribution in [0.25, 0.3) is 0 Å². The van der Waals surface area contributed by atoms with E-state index in [0.717, 1.165) is 51.5 Å². The van der Waals surface area contributed by atoms with Crippen LogP contribution in [0.4, 0.5) is 0 Å². The fourth-order valence-corrected chi connectivity index (χ4v) is 1.90. The molecule has 0 aromatic carbocycles. The second-order valence-electron chi connectivity index (χ2n) is 3.97. The third-order valence-corrected chi connectivity index (χ3v) is 2.73. The van der Waals surface area contributed by atoms with Crippen molar-refractivity contribution in [3.63, 3.8) is 0 Å². The predicted octanol–water partition coefficient (Wildman–Crippen LogP) is 0.0933. The minimum Gasteiger partial charge on any atom is -0.317 e. The summed E-state index contributed by atoms with van der Waals surface area (Å²) in [6, 6.07) is 0. The highest BCUT2D eigenvalue weighted by molar-refractivity contribution is 4.86. The number of aryl methyl sites for hydroxylation is 1. The Bertz CT molecular complexity index is 290. The summed E-state index contributed by atoms with van der Waals surface area (Å²) in [5.41, 5.74) is 0. The molecule has 5 nitrogen and oxygen atoms in total. The fourth-order valence-electron chi connectivity index (χ4n) is 1.90. The van der Waals surface area contributed by atoms with Gasteiger partial charge in [0.1, 0.15) is 12.2 Å². The second kappa shape index (κ2) is 5.23. The first-order valence-corrected chi connectivity index (χ1v) is 5.70. The number of hydrogen-bond donors (Lipinski definition) is 1. The minimum absolute atomic E-state index is 0.932. The third kappa shape index (κ3) is 2.76. The molecule has 1 aliphatic heterocycles. The zero-order valence-electron chi connectivity index (χ0n) is 9.32. The Balaban J connectivity index is 1.93. The molecule has 15 heavy (non-hydrogen) atoms. The Kier molecular flexibility index (Phi) is 3.69. The van der Waals surface area contributed by atoms with Gasteiger partial charge in [0.2, 0.25) is 0 Å². The van der Waals surface area contributed by atoms with Crippen molar-refractivity contribution in [2.75, 3.05) is 26.2 Å². The maximum absolute atomic E-state index is 4.18. The van der Waals surface area contributed by atoms with Gasteiger partial charge >= 0.3 is 0 Å². The maximum atomic E-state index is 4.18. The predicted molar refractivity (Wildman–Crippen MR) is 58.5 cm³/mol. The minimum atomic E-state index is 0.932.